The molecule has 0 aromatic carbocycles. The van der Waals surface area contributed by atoms with E-state index in [1.165, 1.54) is 0 Å². The molecule has 0 spiro atoms. The highest BCUT2D eigenvalue weighted by molar-refractivity contribution is 5.39. The second-order valence-corrected chi connectivity index (χ2v) is 4.10. The monoisotopic (exact) mass is 225 g/mol. The number of rotatable bonds is 5. The summed E-state index contributed by atoms with van der Waals surface area (Å²) in [6.45, 7) is 4.41. The molecule has 1 aliphatic rings. The van der Waals surface area contributed by atoms with E-state index < -0.39 is 0 Å². The Morgan fingerprint density at radius 3 is 3.25 bits per heavy atom. The van der Waals surface area contributed by atoms with Crippen LogP contribution >= 0.6 is 0 Å². The van der Waals surface area contributed by atoms with Gasteiger partial charge in [0.25, 0.3) is 0 Å². The van der Waals surface area contributed by atoms with Crippen molar-refractivity contribution in [2.24, 2.45) is 0 Å². The van der Waals surface area contributed by atoms with Crippen molar-refractivity contribution in [2.75, 3.05) is 25.6 Å². The van der Waals surface area contributed by atoms with Gasteiger partial charge in [-0.2, -0.15) is 5.10 Å². The molecule has 5 nitrogen and oxygen atoms in total. The maximum absolute atomic E-state index is 5.50. The summed E-state index contributed by atoms with van der Waals surface area (Å²) >= 11 is 0. The molecule has 2 rings (SSSR count). The van der Waals surface area contributed by atoms with E-state index in [1.807, 2.05) is 17.1 Å². The molecule has 1 aliphatic heterocycles. The van der Waals surface area contributed by atoms with Gasteiger partial charge in [0, 0.05) is 19.9 Å². The predicted molar refractivity (Wildman–Crippen MR) is 61.5 cm³/mol. The highest BCUT2D eigenvalue weighted by atomic mass is 16.5. The van der Waals surface area contributed by atoms with E-state index in [0.29, 0.717) is 12.6 Å². The van der Waals surface area contributed by atoms with Gasteiger partial charge in [-0.25, -0.2) is 0 Å². The zero-order chi connectivity index (χ0) is 11.4. The SMILES string of the molecule is COCCn1cc(NC2CCOC2C)cn1. The number of methoxy groups -OCH3 is 1. The van der Waals surface area contributed by atoms with Crippen molar-refractivity contribution in [3.8, 4) is 0 Å². The van der Waals surface area contributed by atoms with Crippen LogP contribution in [0.25, 0.3) is 0 Å². The van der Waals surface area contributed by atoms with Crippen LogP contribution in [0.4, 0.5) is 5.69 Å². The average molecular weight is 225 g/mol. The maximum atomic E-state index is 5.50. The first-order valence-corrected chi connectivity index (χ1v) is 5.69. The van der Waals surface area contributed by atoms with Gasteiger partial charge in [-0.15, -0.1) is 0 Å². The van der Waals surface area contributed by atoms with Crippen LogP contribution in [0.15, 0.2) is 12.4 Å². The van der Waals surface area contributed by atoms with Gasteiger partial charge < -0.3 is 14.8 Å². The Balaban J connectivity index is 1.87. The second kappa shape index (κ2) is 5.32. The summed E-state index contributed by atoms with van der Waals surface area (Å²) < 4.78 is 12.4. The van der Waals surface area contributed by atoms with Crippen molar-refractivity contribution in [1.82, 2.24) is 9.78 Å². The first-order valence-electron chi connectivity index (χ1n) is 5.69. The molecule has 0 aliphatic carbocycles. The zero-order valence-corrected chi connectivity index (χ0v) is 9.85. The molecular weight excluding hydrogens is 206 g/mol. The van der Waals surface area contributed by atoms with Gasteiger partial charge in [0.1, 0.15) is 0 Å². The molecule has 0 bridgehead atoms. The summed E-state index contributed by atoms with van der Waals surface area (Å²) in [6.07, 6.45) is 5.19. The van der Waals surface area contributed by atoms with Gasteiger partial charge in [-0.3, -0.25) is 4.68 Å². The fourth-order valence-corrected chi connectivity index (χ4v) is 1.88. The number of hydrogen-bond donors (Lipinski definition) is 1. The van der Waals surface area contributed by atoms with E-state index in [2.05, 4.69) is 17.3 Å². The van der Waals surface area contributed by atoms with Crippen molar-refractivity contribution in [3.05, 3.63) is 12.4 Å². The average Bonchev–Trinajstić information content (AvgIpc) is 2.87. The quantitative estimate of drug-likeness (QED) is 0.815. The van der Waals surface area contributed by atoms with Crippen molar-refractivity contribution in [1.29, 1.82) is 0 Å². The van der Waals surface area contributed by atoms with Crippen LogP contribution in [0.2, 0.25) is 0 Å². The Labute approximate surface area is 95.7 Å². The van der Waals surface area contributed by atoms with Crippen LogP contribution in [-0.4, -0.2) is 42.2 Å². The third-order valence-electron chi connectivity index (χ3n) is 2.89. The van der Waals surface area contributed by atoms with E-state index in [-0.39, 0.29) is 6.10 Å². The fourth-order valence-electron chi connectivity index (χ4n) is 1.88. The number of anilines is 1. The molecule has 2 unspecified atom stereocenters. The van der Waals surface area contributed by atoms with E-state index in [9.17, 15) is 0 Å². The summed E-state index contributed by atoms with van der Waals surface area (Å²) in [4.78, 5) is 0. The number of nitrogens with zero attached hydrogens (tertiary/aromatic N) is 2. The fraction of sp³-hybridized carbons (Fsp3) is 0.727. The standard InChI is InChI=1S/C11H19N3O2/c1-9-11(3-5-16-9)13-10-7-12-14(8-10)4-6-15-2/h7-9,11,13H,3-6H2,1-2H3. The Morgan fingerprint density at radius 2 is 2.56 bits per heavy atom. The van der Waals surface area contributed by atoms with Gasteiger partial charge in [0.2, 0.25) is 0 Å². The second-order valence-electron chi connectivity index (χ2n) is 4.10. The molecule has 0 radical (unpaired) electrons. The van der Waals surface area contributed by atoms with Crippen LogP contribution in [-0.2, 0) is 16.0 Å². The first kappa shape index (κ1) is 11.4. The summed E-state index contributed by atoms with van der Waals surface area (Å²) in [6, 6.07) is 0.403. The molecule has 1 N–H and O–H groups in total. The smallest absolute Gasteiger partial charge is 0.0748 e. The predicted octanol–water partition coefficient (Wildman–Crippen LogP) is 1.12. The lowest BCUT2D eigenvalue weighted by atomic mass is 10.1. The molecular formula is C11H19N3O2. The van der Waals surface area contributed by atoms with Gasteiger partial charge in [-0.05, 0) is 13.3 Å². The molecule has 0 saturated carbocycles. The van der Waals surface area contributed by atoms with E-state index >= 15 is 0 Å². The number of aromatic nitrogens is 2. The summed E-state index contributed by atoms with van der Waals surface area (Å²) in [7, 11) is 1.69. The molecule has 0 amide bonds. The van der Waals surface area contributed by atoms with Crippen molar-refractivity contribution >= 4 is 5.69 Å². The zero-order valence-electron chi connectivity index (χ0n) is 9.85. The van der Waals surface area contributed by atoms with Gasteiger partial charge in [0.15, 0.2) is 0 Å². The Bertz CT molecular complexity index is 327. The van der Waals surface area contributed by atoms with E-state index in [1.54, 1.807) is 7.11 Å². The lowest BCUT2D eigenvalue weighted by Gasteiger charge is -2.15. The Hall–Kier alpha value is -1.07. The van der Waals surface area contributed by atoms with E-state index in [0.717, 1.165) is 25.3 Å². The molecule has 1 fully saturated rings. The maximum Gasteiger partial charge on any atom is 0.0748 e. The van der Waals surface area contributed by atoms with Crippen LogP contribution < -0.4 is 5.32 Å². The molecule has 2 heterocycles. The molecule has 16 heavy (non-hydrogen) atoms. The highest BCUT2D eigenvalue weighted by Crippen LogP contribution is 2.18. The lowest BCUT2D eigenvalue weighted by Crippen LogP contribution is -2.26. The third kappa shape index (κ3) is 2.74. The van der Waals surface area contributed by atoms with Gasteiger partial charge in [-0.1, -0.05) is 0 Å². The molecule has 1 saturated heterocycles. The minimum atomic E-state index is 0.280. The number of nitrogens with one attached hydrogen (secondary N) is 1. The van der Waals surface area contributed by atoms with Gasteiger partial charge >= 0.3 is 0 Å². The Kier molecular flexibility index (Phi) is 3.79. The largest absolute Gasteiger partial charge is 0.383 e. The minimum absolute atomic E-state index is 0.280. The Morgan fingerprint density at radius 1 is 1.69 bits per heavy atom. The number of hydrogen-bond acceptors (Lipinski definition) is 4. The third-order valence-corrected chi connectivity index (χ3v) is 2.89. The van der Waals surface area contributed by atoms with Crippen LogP contribution in [0.5, 0.6) is 0 Å². The van der Waals surface area contributed by atoms with Gasteiger partial charge in [0.05, 0.1) is 37.2 Å². The highest BCUT2D eigenvalue weighted by Gasteiger charge is 2.24. The molecule has 2 atom stereocenters. The molecule has 5 heteroatoms. The summed E-state index contributed by atoms with van der Waals surface area (Å²) in [5, 5.41) is 7.69. The van der Waals surface area contributed by atoms with E-state index in [4.69, 9.17) is 9.47 Å². The molecule has 90 valence electrons. The van der Waals surface area contributed by atoms with Crippen molar-refractivity contribution in [3.63, 3.8) is 0 Å². The minimum Gasteiger partial charge on any atom is -0.383 e. The number of ether oxygens (including phenoxy) is 2. The van der Waals surface area contributed by atoms with Crippen molar-refractivity contribution < 1.29 is 9.47 Å². The normalized spacial score (nSPS) is 24.9. The van der Waals surface area contributed by atoms with Crippen molar-refractivity contribution in [2.45, 2.75) is 32.0 Å². The molecule has 1 aromatic rings. The lowest BCUT2D eigenvalue weighted by molar-refractivity contribution is 0.121. The summed E-state index contributed by atoms with van der Waals surface area (Å²) in [5.74, 6) is 0. The van der Waals surface area contributed by atoms with Crippen LogP contribution in [0, 0.1) is 0 Å². The topological polar surface area (TPSA) is 48.3 Å². The van der Waals surface area contributed by atoms with Crippen LogP contribution in [0.1, 0.15) is 13.3 Å². The molecule has 1 aromatic heterocycles. The first-order chi connectivity index (χ1) is 7.79. The summed E-state index contributed by atoms with van der Waals surface area (Å²) in [5.41, 5.74) is 1.05. The van der Waals surface area contributed by atoms with Crippen LogP contribution in [0.3, 0.4) is 0 Å².